The number of thioether (sulfide) groups is 1. The molecule has 2 fully saturated rings. The number of unbranched alkanes of at least 4 members (excludes halogenated alkanes) is 2. The van der Waals surface area contributed by atoms with Crippen molar-refractivity contribution in [1.82, 2.24) is 0 Å². The highest BCUT2D eigenvalue weighted by Gasteiger charge is 2.46. The van der Waals surface area contributed by atoms with Gasteiger partial charge in [0, 0.05) is 9.49 Å². The first kappa shape index (κ1) is 25.6. The van der Waals surface area contributed by atoms with Gasteiger partial charge in [-0.05, 0) is 86.9 Å². The zero-order chi connectivity index (χ0) is 21.8. The van der Waals surface area contributed by atoms with Gasteiger partial charge in [0.25, 0.3) is 0 Å². The van der Waals surface area contributed by atoms with Gasteiger partial charge in [-0.2, -0.15) is 0 Å². The second kappa shape index (κ2) is 10.3. The molecular formula is C28H54S. The SMILES string of the molecule is CCCCC1(SC2(CCCC)CCC(C(C)(C)C)CC2)CCC(C(C)(C)C)CC1. The lowest BCUT2D eigenvalue weighted by molar-refractivity contribution is 0.148. The molecule has 0 saturated heterocycles. The van der Waals surface area contributed by atoms with Crippen molar-refractivity contribution >= 4 is 11.8 Å². The molecule has 0 amide bonds. The Morgan fingerprint density at radius 2 is 0.931 bits per heavy atom. The van der Waals surface area contributed by atoms with Crippen molar-refractivity contribution in [3.8, 4) is 0 Å². The predicted molar refractivity (Wildman–Crippen MR) is 135 cm³/mol. The van der Waals surface area contributed by atoms with E-state index in [9.17, 15) is 0 Å². The van der Waals surface area contributed by atoms with Gasteiger partial charge < -0.3 is 0 Å². The Kier molecular flexibility index (Phi) is 9.11. The maximum Gasteiger partial charge on any atom is 0.0165 e. The molecule has 0 spiro atoms. The van der Waals surface area contributed by atoms with E-state index in [0.29, 0.717) is 20.3 Å². The van der Waals surface area contributed by atoms with Gasteiger partial charge in [-0.3, -0.25) is 0 Å². The third-order valence-electron chi connectivity index (χ3n) is 8.65. The zero-order valence-corrected chi connectivity index (χ0v) is 22.3. The topological polar surface area (TPSA) is 0 Å². The fraction of sp³-hybridized carbons (Fsp3) is 1.00. The van der Waals surface area contributed by atoms with Crippen molar-refractivity contribution in [1.29, 1.82) is 0 Å². The normalized spacial score (nSPS) is 34.3. The van der Waals surface area contributed by atoms with Gasteiger partial charge >= 0.3 is 0 Å². The van der Waals surface area contributed by atoms with Gasteiger partial charge in [-0.25, -0.2) is 0 Å². The Labute approximate surface area is 189 Å². The largest absolute Gasteiger partial charge is 0.148 e. The Bertz CT molecular complexity index is 418. The first-order valence-electron chi connectivity index (χ1n) is 13.2. The van der Waals surface area contributed by atoms with E-state index in [-0.39, 0.29) is 0 Å². The van der Waals surface area contributed by atoms with E-state index in [4.69, 9.17) is 0 Å². The van der Waals surface area contributed by atoms with Crippen molar-refractivity contribution < 1.29 is 0 Å². The van der Waals surface area contributed by atoms with Gasteiger partial charge in [-0.15, -0.1) is 11.8 Å². The minimum absolute atomic E-state index is 0.492. The van der Waals surface area contributed by atoms with E-state index in [1.807, 2.05) is 0 Å². The van der Waals surface area contributed by atoms with E-state index >= 15 is 0 Å². The van der Waals surface area contributed by atoms with Crippen LogP contribution < -0.4 is 0 Å². The van der Waals surface area contributed by atoms with Crippen LogP contribution in [0.3, 0.4) is 0 Å². The molecule has 29 heavy (non-hydrogen) atoms. The summed E-state index contributed by atoms with van der Waals surface area (Å²) in [7, 11) is 0. The average Bonchev–Trinajstić information content (AvgIpc) is 2.64. The molecule has 0 unspecified atom stereocenters. The molecule has 2 saturated carbocycles. The highest BCUT2D eigenvalue weighted by atomic mass is 32.2. The summed E-state index contributed by atoms with van der Waals surface area (Å²) in [6.45, 7) is 19.6. The van der Waals surface area contributed by atoms with Crippen LogP contribution in [0.15, 0.2) is 0 Å². The molecule has 0 radical (unpaired) electrons. The van der Waals surface area contributed by atoms with E-state index in [1.165, 1.54) is 89.9 Å². The van der Waals surface area contributed by atoms with Crippen LogP contribution in [0.4, 0.5) is 0 Å². The first-order valence-corrected chi connectivity index (χ1v) is 14.0. The molecule has 0 aliphatic heterocycles. The molecule has 0 heterocycles. The highest BCUT2D eigenvalue weighted by Crippen LogP contribution is 2.58. The van der Waals surface area contributed by atoms with Crippen LogP contribution in [0.25, 0.3) is 0 Å². The van der Waals surface area contributed by atoms with Gasteiger partial charge in [0.2, 0.25) is 0 Å². The Morgan fingerprint density at radius 3 is 1.17 bits per heavy atom. The lowest BCUT2D eigenvalue weighted by Gasteiger charge is -2.51. The minimum atomic E-state index is 0.492. The second-order valence-electron chi connectivity index (χ2n) is 13.0. The number of rotatable bonds is 8. The Morgan fingerprint density at radius 1 is 0.621 bits per heavy atom. The zero-order valence-electron chi connectivity index (χ0n) is 21.5. The molecule has 2 aliphatic rings. The van der Waals surface area contributed by atoms with Crippen LogP contribution in [-0.2, 0) is 0 Å². The molecule has 0 atom stereocenters. The van der Waals surface area contributed by atoms with Gasteiger partial charge in [0.15, 0.2) is 0 Å². The highest BCUT2D eigenvalue weighted by molar-refractivity contribution is 8.02. The summed E-state index contributed by atoms with van der Waals surface area (Å²) in [4.78, 5) is 0. The molecule has 0 aromatic rings. The van der Waals surface area contributed by atoms with Gasteiger partial charge in [0.05, 0.1) is 0 Å². The lowest BCUT2D eigenvalue weighted by Crippen LogP contribution is -2.42. The smallest absolute Gasteiger partial charge is 0.0165 e. The molecular weight excluding hydrogens is 368 g/mol. The maximum absolute atomic E-state index is 2.54. The van der Waals surface area contributed by atoms with Crippen molar-refractivity contribution in [3.05, 3.63) is 0 Å². The lowest BCUT2D eigenvalue weighted by atomic mass is 9.68. The van der Waals surface area contributed by atoms with Crippen molar-refractivity contribution in [2.75, 3.05) is 0 Å². The predicted octanol–water partition coefficient (Wildman–Crippen LogP) is 10.1. The van der Waals surface area contributed by atoms with Crippen LogP contribution in [0.5, 0.6) is 0 Å². The fourth-order valence-electron chi connectivity index (χ4n) is 6.28. The van der Waals surface area contributed by atoms with Crippen LogP contribution in [-0.4, -0.2) is 9.49 Å². The van der Waals surface area contributed by atoms with Crippen molar-refractivity contribution in [2.24, 2.45) is 22.7 Å². The van der Waals surface area contributed by atoms with Crippen LogP contribution in [0, 0.1) is 22.7 Å². The first-order chi connectivity index (χ1) is 13.5. The molecule has 0 aromatic heterocycles. The number of hydrogen-bond donors (Lipinski definition) is 0. The molecule has 1 heteroatoms. The molecule has 2 aliphatic carbocycles. The number of hydrogen-bond acceptors (Lipinski definition) is 1. The minimum Gasteiger partial charge on any atom is -0.148 e. The average molecular weight is 423 g/mol. The summed E-state index contributed by atoms with van der Waals surface area (Å²) in [5.74, 6) is 1.86. The van der Waals surface area contributed by atoms with Crippen molar-refractivity contribution in [3.63, 3.8) is 0 Å². The van der Waals surface area contributed by atoms with Gasteiger partial charge in [0.1, 0.15) is 0 Å². The van der Waals surface area contributed by atoms with Gasteiger partial charge in [-0.1, -0.05) is 81.1 Å². The van der Waals surface area contributed by atoms with Crippen LogP contribution >= 0.6 is 11.8 Å². The maximum atomic E-state index is 2.54. The monoisotopic (exact) mass is 422 g/mol. The van der Waals surface area contributed by atoms with E-state index in [0.717, 1.165) is 11.8 Å². The van der Waals surface area contributed by atoms with E-state index in [1.54, 1.807) is 0 Å². The van der Waals surface area contributed by atoms with Crippen LogP contribution in [0.1, 0.15) is 145 Å². The Balaban J connectivity index is 2.15. The quantitative estimate of drug-likeness (QED) is 0.375. The summed E-state index contributed by atoms with van der Waals surface area (Å²) in [6.07, 6.45) is 20.3. The van der Waals surface area contributed by atoms with Crippen LogP contribution in [0.2, 0.25) is 0 Å². The summed E-state index contributed by atoms with van der Waals surface area (Å²) in [5, 5.41) is 0. The fourth-order valence-corrected chi connectivity index (χ4v) is 8.57. The molecule has 0 N–H and O–H groups in total. The molecule has 0 nitrogen and oxygen atoms in total. The Hall–Kier alpha value is 0.350. The summed E-state index contributed by atoms with van der Waals surface area (Å²) < 4.78 is 1.17. The molecule has 0 bridgehead atoms. The molecule has 2 rings (SSSR count). The molecule has 172 valence electrons. The third kappa shape index (κ3) is 7.18. The summed E-state index contributed by atoms with van der Waals surface area (Å²) in [5.41, 5.74) is 0.985. The molecule has 0 aromatic carbocycles. The summed E-state index contributed by atoms with van der Waals surface area (Å²) in [6, 6.07) is 0. The summed E-state index contributed by atoms with van der Waals surface area (Å²) >= 11 is 2.54. The standard InChI is InChI=1S/C28H54S/c1-9-11-17-27(19-13-23(14-20-27)25(3,4)5)29-28(18-12-10-2)21-15-24(16-22-28)26(6,7)8/h23-24H,9-22H2,1-8H3. The third-order valence-corrected chi connectivity index (χ3v) is 10.7. The van der Waals surface area contributed by atoms with E-state index < -0.39 is 0 Å². The van der Waals surface area contributed by atoms with E-state index in [2.05, 4.69) is 67.2 Å². The van der Waals surface area contributed by atoms with Crippen molar-refractivity contribution in [2.45, 2.75) is 155 Å². The second-order valence-corrected chi connectivity index (χ2v) is 14.9.